The molecule has 0 aromatic carbocycles. The lowest BCUT2D eigenvalue weighted by molar-refractivity contribution is -0.162. The number of carboxylic acid groups (broad SMARTS) is 1. The van der Waals surface area contributed by atoms with Crippen molar-refractivity contribution in [2.75, 3.05) is 6.26 Å². The van der Waals surface area contributed by atoms with E-state index < -0.39 is 26.5 Å². The second kappa shape index (κ2) is 5.47. The predicted octanol–water partition coefficient (Wildman–Crippen LogP) is 1.80. The monoisotopic (exact) mass is 302 g/mol. The molecule has 0 aromatic heterocycles. The maximum absolute atomic E-state index is 12.3. The van der Waals surface area contributed by atoms with E-state index in [1.165, 1.54) is 6.26 Å². The Morgan fingerprint density at radius 2 is 1.95 bits per heavy atom. The van der Waals surface area contributed by atoms with E-state index >= 15 is 0 Å². The van der Waals surface area contributed by atoms with E-state index in [2.05, 4.69) is 0 Å². The second-order valence-corrected chi connectivity index (χ2v) is 8.55. The van der Waals surface area contributed by atoms with Crippen LogP contribution in [0.2, 0.25) is 0 Å². The number of carboxylic acids is 1. The van der Waals surface area contributed by atoms with Gasteiger partial charge in [0.1, 0.15) is 21.0 Å². The molecule has 3 atom stereocenters. The average molecular weight is 302 g/mol. The maximum Gasteiger partial charge on any atom is 0.317 e. The molecule has 0 heterocycles. The summed E-state index contributed by atoms with van der Waals surface area (Å²) in [5.74, 6) is -1.59. The summed E-state index contributed by atoms with van der Waals surface area (Å²) >= 11 is 0. The van der Waals surface area contributed by atoms with Crippen molar-refractivity contribution < 1.29 is 23.1 Å². The van der Waals surface area contributed by atoms with Gasteiger partial charge in [0.2, 0.25) is 0 Å². The first-order valence-electron chi connectivity index (χ1n) is 7.24. The molecule has 6 heteroatoms. The van der Waals surface area contributed by atoms with Crippen LogP contribution < -0.4 is 0 Å². The highest BCUT2D eigenvalue weighted by molar-refractivity contribution is 7.91. The lowest BCUT2D eigenvalue weighted by Gasteiger charge is -2.42. The van der Waals surface area contributed by atoms with E-state index in [0.29, 0.717) is 38.5 Å². The fraction of sp³-hybridized carbons (Fsp3) is 0.857. The molecule has 0 spiro atoms. The van der Waals surface area contributed by atoms with Gasteiger partial charge >= 0.3 is 5.97 Å². The Kier molecular flexibility index (Phi) is 4.23. The van der Waals surface area contributed by atoms with E-state index in [1.807, 2.05) is 0 Å². The molecule has 2 aliphatic rings. The minimum Gasteiger partial charge on any atom is -0.480 e. The zero-order valence-electron chi connectivity index (χ0n) is 11.8. The Bertz CT molecular complexity index is 510. The van der Waals surface area contributed by atoms with Gasteiger partial charge in [0, 0.05) is 12.7 Å². The van der Waals surface area contributed by atoms with Gasteiger partial charge in [-0.1, -0.05) is 12.8 Å². The molecule has 20 heavy (non-hydrogen) atoms. The Hall–Kier alpha value is -0.910. The maximum atomic E-state index is 12.3. The summed E-state index contributed by atoms with van der Waals surface area (Å²) < 4.78 is 23.5. The normalized spacial score (nSPS) is 35.8. The smallest absolute Gasteiger partial charge is 0.317 e. The van der Waals surface area contributed by atoms with Gasteiger partial charge in [-0.05, 0) is 38.0 Å². The van der Waals surface area contributed by atoms with E-state index in [0.717, 1.165) is 12.8 Å². The standard InChI is InChI=1S/C14H22O5S/c1-20(18,19)11-6-4-5-10(9-11)14(13(16)17)8-3-2-7-12(14)15/h10-11H,2-9H2,1H3,(H,16,17). The van der Waals surface area contributed by atoms with Crippen molar-refractivity contribution in [3.8, 4) is 0 Å². The first-order valence-corrected chi connectivity index (χ1v) is 9.19. The van der Waals surface area contributed by atoms with Crippen molar-refractivity contribution in [1.29, 1.82) is 0 Å². The van der Waals surface area contributed by atoms with Crippen molar-refractivity contribution in [2.45, 2.75) is 56.6 Å². The summed E-state index contributed by atoms with van der Waals surface area (Å²) in [4.78, 5) is 24.1. The van der Waals surface area contributed by atoms with Crippen molar-refractivity contribution in [2.24, 2.45) is 11.3 Å². The molecule has 2 saturated carbocycles. The van der Waals surface area contributed by atoms with E-state index in [-0.39, 0.29) is 11.7 Å². The molecule has 0 radical (unpaired) electrons. The SMILES string of the molecule is CS(=O)(=O)C1CCCC(C2(C(=O)O)CCCCC2=O)C1. The molecule has 5 nitrogen and oxygen atoms in total. The highest BCUT2D eigenvalue weighted by Gasteiger charge is 2.53. The molecule has 0 saturated heterocycles. The number of sulfone groups is 1. The predicted molar refractivity (Wildman–Crippen MR) is 74.1 cm³/mol. The third kappa shape index (κ3) is 2.62. The van der Waals surface area contributed by atoms with Crippen LogP contribution in [0.25, 0.3) is 0 Å². The summed E-state index contributed by atoms with van der Waals surface area (Å²) in [6, 6.07) is 0. The molecule has 3 unspecified atom stereocenters. The van der Waals surface area contributed by atoms with Crippen molar-refractivity contribution in [3.05, 3.63) is 0 Å². The number of Topliss-reactive ketones (excluding diaryl/α,β-unsaturated/α-hetero) is 1. The van der Waals surface area contributed by atoms with Gasteiger partial charge in [-0.15, -0.1) is 0 Å². The molecule has 0 bridgehead atoms. The van der Waals surface area contributed by atoms with Gasteiger partial charge < -0.3 is 5.11 Å². The Balaban J connectivity index is 2.30. The summed E-state index contributed by atoms with van der Waals surface area (Å²) in [7, 11) is -3.17. The number of ketones is 1. The van der Waals surface area contributed by atoms with E-state index in [4.69, 9.17) is 0 Å². The summed E-state index contributed by atoms with van der Waals surface area (Å²) in [6.45, 7) is 0. The Morgan fingerprint density at radius 1 is 1.25 bits per heavy atom. The first kappa shape index (κ1) is 15.5. The number of carbonyl (C=O) groups is 2. The molecule has 2 aliphatic carbocycles. The van der Waals surface area contributed by atoms with Crippen LogP contribution in [0.1, 0.15) is 51.4 Å². The third-order valence-electron chi connectivity index (χ3n) is 5.03. The van der Waals surface area contributed by atoms with Crippen molar-refractivity contribution >= 4 is 21.6 Å². The van der Waals surface area contributed by atoms with Gasteiger partial charge in [-0.2, -0.15) is 0 Å². The highest BCUT2D eigenvalue weighted by atomic mass is 32.2. The first-order chi connectivity index (χ1) is 9.28. The summed E-state index contributed by atoms with van der Waals surface area (Å²) in [5.41, 5.74) is -1.33. The van der Waals surface area contributed by atoms with Crippen molar-refractivity contribution in [1.82, 2.24) is 0 Å². The summed E-state index contributed by atoms with van der Waals surface area (Å²) in [5, 5.41) is 9.14. The second-order valence-electron chi connectivity index (χ2n) is 6.22. The molecule has 0 aliphatic heterocycles. The lowest BCUT2D eigenvalue weighted by atomic mass is 9.61. The van der Waals surface area contributed by atoms with E-state index in [9.17, 15) is 23.1 Å². The van der Waals surface area contributed by atoms with Crippen LogP contribution in [0.4, 0.5) is 0 Å². The fourth-order valence-corrected chi connectivity index (χ4v) is 5.04. The van der Waals surface area contributed by atoms with Crippen LogP contribution >= 0.6 is 0 Å². The Labute approximate surface area is 119 Å². The largest absolute Gasteiger partial charge is 0.480 e. The van der Waals surface area contributed by atoms with Crippen LogP contribution in [-0.4, -0.2) is 36.8 Å². The highest BCUT2D eigenvalue weighted by Crippen LogP contribution is 2.47. The molecular formula is C14H22O5S. The van der Waals surface area contributed by atoms with Crippen LogP contribution in [0.3, 0.4) is 0 Å². The topological polar surface area (TPSA) is 88.5 Å². The zero-order valence-corrected chi connectivity index (χ0v) is 12.6. The molecule has 1 N–H and O–H groups in total. The molecular weight excluding hydrogens is 280 g/mol. The third-order valence-corrected chi connectivity index (χ3v) is 6.67. The van der Waals surface area contributed by atoms with Crippen LogP contribution in [0.5, 0.6) is 0 Å². The number of hydrogen-bond donors (Lipinski definition) is 1. The van der Waals surface area contributed by atoms with Crippen LogP contribution in [0.15, 0.2) is 0 Å². The van der Waals surface area contributed by atoms with Gasteiger partial charge in [-0.3, -0.25) is 9.59 Å². The molecule has 0 aromatic rings. The van der Waals surface area contributed by atoms with Crippen LogP contribution in [-0.2, 0) is 19.4 Å². The van der Waals surface area contributed by atoms with Gasteiger partial charge in [-0.25, -0.2) is 8.42 Å². The van der Waals surface area contributed by atoms with Gasteiger partial charge in [0.15, 0.2) is 0 Å². The lowest BCUT2D eigenvalue weighted by Crippen LogP contribution is -2.50. The fourth-order valence-electron chi connectivity index (χ4n) is 3.87. The molecule has 114 valence electrons. The van der Waals surface area contributed by atoms with E-state index in [1.54, 1.807) is 0 Å². The minimum atomic E-state index is -3.17. The number of carbonyl (C=O) groups excluding carboxylic acids is 1. The summed E-state index contributed by atoms with van der Waals surface area (Å²) in [6.07, 6.45) is 5.59. The molecule has 0 amide bonds. The minimum absolute atomic E-state index is 0.199. The molecule has 2 fully saturated rings. The Morgan fingerprint density at radius 3 is 2.50 bits per heavy atom. The molecule has 2 rings (SSSR count). The average Bonchev–Trinajstić information content (AvgIpc) is 2.38. The zero-order chi connectivity index (χ0) is 15.0. The van der Waals surface area contributed by atoms with Crippen molar-refractivity contribution in [3.63, 3.8) is 0 Å². The number of hydrogen-bond acceptors (Lipinski definition) is 4. The van der Waals surface area contributed by atoms with Gasteiger partial charge in [0.25, 0.3) is 0 Å². The quantitative estimate of drug-likeness (QED) is 0.803. The van der Waals surface area contributed by atoms with Gasteiger partial charge in [0.05, 0.1) is 5.25 Å². The number of rotatable bonds is 3. The number of aliphatic carboxylic acids is 1. The van der Waals surface area contributed by atoms with Crippen LogP contribution in [0, 0.1) is 11.3 Å².